The number of ether oxygens (including phenoxy) is 1. The predicted octanol–water partition coefficient (Wildman–Crippen LogP) is 13.8. The maximum absolute atomic E-state index is 12.9. The molecule has 0 atom stereocenters. The van der Waals surface area contributed by atoms with Crippen LogP contribution in [0.15, 0.2) is 72.8 Å². The highest BCUT2D eigenvalue weighted by atomic mass is 16.5. The van der Waals surface area contributed by atoms with Crippen LogP contribution in [-0.2, 0) is 88.0 Å². The van der Waals surface area contributed by atoms with E-state index in [2.05, 4.69) is 142 Å². The van der Waals surface area contributed by atoms with Crippen LogP contribution in [0.4, 0.5) is 22.7 Å². The third kappa shape index (κ3) is 31.3. The number of aromatic nitrogens is 4. The monoisotopic (exact) mass is 1990 g/mol. The maximum Gasteiger partial charge on any atom is 0.305 e. The summed E-state index contributed by atoms with van der Waals surface area (Å²) >= 11 is 0. The first kappa shape index (κ1) is 114. The number of methoxy groups -OCH3 is 1. The molecule has 34 heteroatoms. The van der Waals surface area contributed by atoms with Gasteiger partial charge in [-0.2, -0.15) is 0 Å². The van der Waals surface area contributed by atoms with Gasteiger partial charge in [0.05, 0.1) is 64.5 Å². The molecule has 0 unspecified atom stereocenters. The maximum atomic E-state index is 12.9. The summed E-state index contributed by atoms with van der Waals surface area (Å²) in [4.78, 5) is 218. The van der Waals surface area contributed by atoms with Gasteiger partial charge in [0.1, 0.15) is 34.7 Å². The number of anilines is 4. The number of carbonyl (C=O) groups excluding carboxylic acids is 15. The highest BCUT2D eigenvalue weighted by Crippen LogP contribution is 2.40. The Morgan fingerprint density at radius 1 is 0.317 bits per heavy atom. The molecule has 8 heterocycles. The molecule has 0 saturated carbocycles. The summed E-state index contributed by atoms with van der Waals surface area (Å²) in [6, 6.07) is 21.6. The van der Waals surface area contributed by atoms with Crippen LogP contribution >= 0.6 is 0 Å². The van der Waals surface area contributed by atoms with Crippen molar-refractivity contribution < 1.29 is 86.6 Å². The van der Waals surface area contributed by atoms with E-state index >= 15 is 0 Å². The third-order valence-electron chi connectivity index (χ3n) is 26.4. The van der Waals surface area contributed by atoms with Gasteiger partial charge in [-0.15, -0.1) is 0 Å². The molecule has 4 aromatic heterocycles. The molecule has 0 aliphatic carbocycles. The van der Waals surface area contributed by atoms with Crippen LogP contribution in [-0.4, -0.2) is 250 Å². The van der Waals surface area contributed by atoms with Gasteiger partial charge in [0.25, 0.3) is 47.3 Å². The van der Waals surface area contributed by atoms with E-state index in [1.165, 1.54) is 21.0 Å². The zero-order valence-electron chi connectivity index (χ0n) is 87.2. The highest BCUT2D eigenvalue weighted by molar-refractivity contribution is 6.37. The van der Waals surface area contributed by atoms with Gasteiger partial charge >= 0.3 is 11.9 Å². The second-order valence-corrected chi connectivity index (χ2v) is 36.6. The number of rotatable bonds is 48. The largest absolute Gasteiger partial charge is 0.481 e. The minimum atomic E-state index is -1.01. The van der Waals surface area contributed by atoms with Crippen molar-refractivity contribution in [2.45, 2.75) is 202 Å². The summed E-state index contributed by atoms with van der Waals surface area (Å²) in [7, 11) is 1.29. The predicted molar refractivity (Wildman–Crippen MR) is 566 cm³/mol. The number of benzene rings is 4. The number of amides is 8. The molecule has 0 spiro atoms. The second-order valence-electron chi connectivity index (χ2n) is 36.6. The average Bonchev–Trinajstić information content (AvgIpc) is 1.64. The van der Waals surface area contributed by atoms with Crippen LogP contribution in [0.1, 0.15) is 274 Å². The Balaban J connectivity index is 0.000000215. The normalized spacial score (nSPS) is 13.7. The number of fused-ring (bicyclic) bond motifs is 4. The summed E-state index contributed by atoms with van der Waals surface area (Å²) < 4.78 is 4.59. The summed E-state index contributed by atoms with van der Waals surface area (Å²) in [5.74, 6) is -3.29. The van der Waals surface area contributed by atoms with Gasteiger partial charge in [-0.3, -0.25) is 67.1 Å². The fourth-order valence-electron chi connectivity index (χ4n) is 17.9. The lowest BCUT2D eigenvalue weighted by atomic mass is 9.98. The molecule has 145 heavy (non-hydrogen) atoms. The Morgan fingerprint density at radius 3 is 0.731 bits per heavy atom. The number of esters is 1. The summed E-state index contributed by atoms with van der Waals surface area (Å²) in [5.41, 5.74) is 21.4. The Hall–Kier alpha value is -14.5. The Morgan fingerprint density at radius 2 is 0.531 bits per heavy atom. The number of aryl methyl sites for hydroxylation is 4. The first-order chi connectivity index (χ1) is 69.1. The molecule has 774 valence electrons. The number of carboxylic acids is 1. The van der Waals surface area contributed by atoms with Crippen molar-refractivity contribution in [3.63, 3.8) is 0 Å². The van der Waals surface area contributed by atoms with Crippen LogP contribution in [0.5, 0.6) is 0 Å². The molecule has 0 radical (unpaired) electrons. The Bertz CT molecular complexity index is 5900. The molecule has 4 aliphatic heterocycles. The number of carboxylic acid groups (broad SMARTS) is 1. The van der Waals surface area contributed by atoms with Crippen molar-refractivity contribution in [2.24, 2.45) is 0 Å². The Labute approximate surface area is 848 Å². The second kappa shape index (κ2) is 54.3. The molecular weight excluding hydrogens is 1850 g/mol. The molecule has 34 nitrogen and oxygen atoms in total. The average molecular weight is 1990 g/mol. The Kier molecular flexibility index (Phi) is 42.7. The third-order valence-corrected chi connectivity index (χ3v) is 26.4. The minimum Gasteiger partial charge on any atom is -0.481 e. The molecule has 8 aromatic rings. The molecule has 12 rings (SSSR count). The fraction of sp³-hybridized carbons (Fsp3) is 0.423. The van der Waals surface area contributed by atoms with E-state index in [1.54, 1.807) is 66.8 Å². The number of nitrogens with zero attached hydrogens (tertiary/aromatic N) is 4. The fourth-order valence-corrected chi connectivity index (χ4v) is 17.9. The number of hydrogen-bond donors (Lipinski definition) is 13. The van der Waals surface area contributed by atoms with E-state index in [0.717, 1.165) is 140 Å². The highest BCUT2D eigenvalue weighted by Gasteiger charge is 2.33. The van der Waals surface area contributed by atoms with E-state index in [-0.39, 0.29) is 159 Å². The number of likely N-dealkylation sites (N-methyl/N-ethyl adjacent to an activating group) is 4. The van der Waals surface area contributed by atoms with E-state index in [9.17, 15) is 76.7 Å². The number of aromatic amines is 4. The number of H-pyrrole nitrogens is 4. The van der Waals surface area contributed by atoms with Crippen molar-refractivity contribution in [3.05, 3.63) is 207 Å². The quantitative estimate of drug-likeness (QED) is 0.0124. The summed E-state index contributed by atoms with van der Waals surface area (Å²) in [6.45, 7) is 47.3. The first-order valence-corrected chi connectivity index (χ1v) is 49.9. The molecule has 0 bridgehead atoms. The zero-order valence-corrected chi connectivity index (χ0v) is 87.2. The topological polar surface area (TPSA) is 475 Å². The zero-order chi connectivity index (χ0) is 106. The summed E-state index contributed by atoms with van der Waals surface area (Å²) in [5, 5.41) is 32.2. The first-order valence-electron chi connectivity index (χ1n) is 49.9. The van der Waals surface area contributed by atoms with Gasteiger partial charge in [-0.1, -0.05) is 79.7 Å². The molecule has 4 aliphatic rings. The van der Waals surface area contributed by atoms with Gasteiger partial charge < -0.3 is 102 Å². The van der Waals surface area contributed by atoms with Crippen molar-refractivity contribution in [1.29, 1.82) is 0 Å². The number of hydrogen-bond acceptors (Lipinski definition) is 21. The lowest BCUT2D eigenvalue weighted by molar-refractivity contribution is -0.142. The van der Waals surface area contributed by atoms with Crippen molar-refractivity contribution in [1.82, 2.24) is 60.8 Å². The molecular formula is C111H142N16O18. The number of Topliss-reactive ketones (excluding diaryl/α,β-unsaturated/α-hetero) is 6. The summed E-state index contributed by atoms with van der Waals surface area (Å²) in [6.07, 6.45) is 8.50. The smallest absolute Gasteiger partial charge is 0.305 e. The van der Waals surface area contributed by atoms with Crippen molar-refractivity contribution >= 4 is 163 Å². The van der Waals surface area contributed by atoms with Gasteiger partial charge in [0.15, 0.2) is 0 Å². The van der Waals surface area contributed by atoms with Gasteiger partial charge in [-0.05, 0) is 239 Å². The van der Waals surface area contributed by atoms with Gasteiger partial charge in [0.2, 0.25) is 0 Å². The van der Waals surface area contributed by atoms with E-state index < -0.39 is 11.9 Å². The van der Waals surface area contributed by atoms with Crippen LogP contribution in [0.25, 0.3) is 46.6 Å². The van der Waals surface area contributed by atoms with Crippen LogP contribution in [0.3, 0.4) is 0 Å². The van der Waals surface area contributed by atoms with E-state index in [1.807, 2.05) is 85.7 Å². The van der Waals surface area contributed by atoms with Crippen LogP contribution < -0.4 is 42.5 Å². The number of carbonyl (C=O) groups is 16. The van der Waals surface area contributed by atoms with E-state index in [0.29, 0.717) is 144 Å². The van der Waals surface area contributed by atoms with Gasteiger partial charge in [-0.25, -0.2) is 0 Å². The molecule has 4 aromatic carbocycles. The van der Waals surface area contributed by atoms with Crippen molar-refractivity contribution in [3.8, 4) is 0 Å². The lowest BCUT2D eigenvalue weighted by Gasteiger charge is -2.18. The van der Waals surface area contributed by atoms with Crippen LogP contribution in [0.2, 0.25) is 0 Å². The number of nitrogens with one attached hydrogen (secondary N) is 12. The standard InChI is InChI=1S/C28H36N4O5.2C28H36N4O4.C27H34N4O5/c1-6-32(7-2)13-12-29-28(36)26-17(3)24(30-18(26)4)16-22-21-15-19(8-10-23(21)31-27(22)35)14-20(33)9-11-25(34)37-5;2*1-6-32(7-2)13-12-29-28(36)26-18(4)25(30-19(26)5)16-23-22-15-20(9-11-24(22)31-27(23)35)14-21(34)10-8-17(3)33;1-5-31(6-2)12-11-28-27(36)25-16(3)23(29-17(25)4)15-21-20-14-18(7-9-22(20)30-26(21)35)13-19(32)8-10-24(33)34/h8,10,15-16,30H,6-7,9,11-14H2,1-5H3,(H,29,36)(H,31,35);2*9,11,15-16,30H,6-8,10,12-14H2,1-5H3,(H,29,36)(H,31,35);7,9,14-15,29H,5-6,8,10-13H2,1-4H3,(H,28,36)(H,30,35)(H,33,34)/b22-16-;2*23-16-;21-15-. The number of aliphatic carboxylic acids is 1. The van der Waals surface area contributed by atoms with Gasteiger partial charge in [0, 0.05) is 207 Å². The van der Waals surface area contributed by atoms with E-state index in [4.69, 9.17) is 5.11 Å². The molecule has 0 fully saturated rings. The molecule has 13 N–H and O–H groups in total. The number of ketones is 6. The SMILES string of the molecule is CCN(CC)CCNC(=O)c1c(C)[nH]c(/C=C2\C(=O)Nc3ccc(CC(=O)CCC(=O)O)cc32)c1C.CCN(CC)CCNC(=O)c1c(C)[nH]c(/C=C2\C(=O)Nc3ccc(CC(=O)CCC(=O)OC)cc32)c1C.CCN(CC)CCNC(=O)c1c(C)[nH]c(/C=C2\C(=O)Nc3ccc(CC(=O)CCC(C)=O)cc32)c1C.CCN(CC)CCNC(=O)c1c(C)[nH]c(/C=C2\C(=O)Nc3ccc(CC(=O)CCC(C)=O)cc32)c1C. The lowest BCUT2D eigenvalue weighted by Crippen LogP contribution is -2.35. The minimum absolute atomic E-state index is 0.00845. The van der Waals surface area contributed by atoms with Crippen LogP contribution in [0, 0.1) is 55.4 Å². The molecule has 8 amide bonds. The molecule has 0 saturated heterocycles. The van der Waals surface area contributed by atoms with Crippen molar-refractivity contribution in [2.75, 3.05) is 133 Å².